The van der Waals surface area contributed by atoms with E-state index in [0.29, 0.717) is 11.8 Å². The topological polar surface area (TPSA) is 43.7 Å². The fraction of sp³-hybridized carbons (Fsp3) is 1.00. The van der Waals surface area contributed by atoms with E-state index in [1.165, 1.54) is 0 Å². The van der Waals surface area contributed by atoms with Gasteiger partial charge in [-0.15, -0.1) is 0 Å². The van der Waals surface area contributed by atoms with Crippen molar-refractivity contribution < 1.29 is 10.2 Å². The highest BCUT2D eigenvalue weighted by Gasteiger charge is 2.44. The highest BCUT2D eigenvalue weighted by atomic mass is 16.3. The summed E-state index contributed by atoms with van der Waals surface area (Å²) in [6.45, 7) is 7.16. The van der Waals surface area contributed by atoms with Crippen LogP contribution in [-0.2, 0) is 0 Å². The maximum Gasteiger partial charge on any atom is 0.0779 e. The average Bonchev–Trinajstić information content (AvgIpc) is 2.17. The smallest absolute Gasteiger partial charge is 0.0779 e. The van der Waals surface area contributed by atoms with E-state index in [-0.39, 0.29) is 6.10 Å². The number of rotatable bonds is 3. The maximum atomic E-state index is 10.3. The molecule has 1 aliphatic carbocycles. The molecule has 0 amide bonds. The molecule has 0 aromatic heterocycles. The first-order valence-electron chi connectivity index (χ1n) is 6.61. The van der Waals surface area contributed by atoms with Crippen molar-refractivity contribution >= 4 is 0 Å². The lowest BCUT2D eigenvalue weighted by Gasteiger charge is -2.48. The third-order valence-corrected chi connectivity index (χ3v) is 4.30. The van der Waals surface area contributed by atoms with Crippen molar-refractivity contribution in [2.45, 2.75) is 51.2 Å². The van der Waals surface area contributed by atoms with Crippen LogP contribution in [0.5, 0.6) is 0 Å². The summed E-state index contributed by atoms with van der Waals surface area (Å²) in [7, 11) is 0. The second kappa shape index (κ2) is 4.63. The number of aliphatic hydroxyl groups excluding tert-OH is 1. The normalized spacial score (nSPS) is 37.7. The first kappa shape index (κ1) is 12.3. The lowest BCUT2D eigenvalue weighted by Crippen LogP contribution is -2.54. The van der Waals surface area contributed by atoms with Gasteiger partial charge in [-0.2, -0.15) is 0 Å². The second-order valence-electron chi connectivity index (χ2n) is 6.14. The number of hydrogen-bond donors (Lipinski definition) is 2. The predicted octanol–water partition coefficient (Wildman–Crippen LogP) is 1.24. The standard InChI is InChI=1S/C13H25NO2/c1-10(2)11-7-13(16,8-11)9-14-5-3-12(15)4-6-14/h10-12,15-16H,3-9H2,1-2H3/t11-,13-. The molecule has 94 valence electrons. The number of likely N-dealkylation sites (tertiary alicyclic amines) is 1. The third kappa shape index (κ3) is 2.76. The fourth-order valence-electron chi connectivity index (χ4n) is 3.01. The molecule has 2 rings (SSSR count). The van der Waals surface area contributed by atoms with Gasteiger partial charge >= 0.3 is 0 Å². The molecule has 3 nitrogen and oxygen atoms in total. The first-order valence-corrected chi connectivity index (χ1v) is 6.61. The summed E-state index contributed by atoms with van der Waals surface area (Å²) >= 11 is 0. The van der Waals surface area contributed by atoms with E-state index >= 15 is 0 Å². The molecule has 0 unspecified atom stereocenters. The molecule has 1 saturated carbocycles. The molecule has 0 radical (unpaired) electrons. The Balaban J connectivity index is 1.74. The lowest BCUT2D eigenvalue weighted by molar-refractivity contribution is -0.110. The minimum atomic E-state index is -0.433. The molecule has 0 atom stereocenters. The van der Waals surface area contributed by atoms with Crippen molar-refractivity contribution in [2.75, 3.05) is 19.6 Å². The van der Waals surface area contributed by atoms with Gasteiger partial charge in [0.15, 0.2) is 0 Å². The van der Waals surface area contributed by atoms with Gasteiger partial charge in [-0.1, -0.05) is 13.8 Å². The van der Waals surface area contributed by atoms with E-state index in [0.717, 1.165) is 45.3 Å². The van der Waals surface area contributed by atoms with E-state index in [2.05, 4.69) is 18.7 Å². The Morgan fingerprint density at radius 1 is 1.25 bits per heavy atom. The summed E-state index contributed by atoms with van der Waals surface area (Å²) in [6.07, 6.45) is 3.54. The van der Waals surface area contributed by atoms with Crippen LogP contribution in [0.2, 0.25) is 0 Å². The molecule has 2 fully saturated rings. The average molecular weight is 227 g/mol. The number of aliphatic hydroxyl groups is 2. The van der Waals surface area contributed by atoms with E-state index in [1.54, 1.807) is 0 Å². The molecule has 2 N–H and O–H groups in total. The van der Waals surface area contributed by atoms with E-state index in [1.807, 2.05) is 0 Å². The Morgan fingerprint density at radius 2 is 1.81 bits per heavy atom. The third-order valence-electron chi connectivity index (χ3n) is 4.30. The highest BCUT2D eigenvalue weighted by Crippen LogP contribution is 2.42. The maximum absolute atomic E-state index is 10.3. The van der Waals surface area contributed by atoms with Crippen LogP contribution in [0.15, 0.2) is 0 Å². The Bertz CT molecular complexity index is 228. The summed E-state index contributed by atoms with van der Waals surface area (Å²) in [6, 6.07) is 0. The van der Waals surface area contributed by atoms with Crippen molar-refractivity contribution in [1.82, 2.24) is 4.90 Å². The molecule has 3 heteroatoms. The molecule has 2 aliphatic rings. The number of nitrogens with zero attached hydrogens (tertiary/aromatic N) is 1. The molecular weight excluding hydrogens is 202 g/mol. The molecule has 0 spiro atoms. The summed E-state index contributed by atoms with van der Waals surface area (Å²) in [4.78, 5) is 2.31. The Kier molecular flexibility index (Phi) is 3.57. The minimum absolute atomic E-state index is 0.115. The molecule has 1 saturated heterocycles. The summed E-state index contributed by atoms with van der Waals surface area (Å²) < 4.78 is 0. The van der Waals surface area contributed by atoms with Crippen LogP contribution in [0.3, 0.4) is 0 Å². The lowest BCUT2D eigenvalue weighted by atomic mass is 9.66. The molecule has 0 aromatic rings. The van der Waals surface area contributed by atoms with E-state index < -0.39 is 5.60 Å². The van der Waals surface area contributed by atoms with Crippen molar-refractivity contribution in [3.05, 3.63) is 0 Å². The van der Waals surface area contributed by atoms with Crippen molar-refractivity contribution in [1.29, 1.82) is 0 Å². The van der Waals surface area contributed by atoms with Crippen LogP contribution in [-0.4, -0.2) is 46.5 Å². The van der Waals surface area contributed by atoms with Crippen LogP contribution in [0.25, 0.3) is 0 Å². The Morgan fingerprint density at radius 3 is 2.31 bits per heavy atom. The van der Waals surface area contributed by atoms with Crippen LogP contribution in [0, 0.1) is 11.8 Å². The van der Waals surface area contributed by atoms with Gasteiger partial charge in [0.2, 0.25) is 0 Å². The largest absolute Gasteiger partial charge is 0.393 e. The second-order valence-corrected chi connectivity index (χ2v) is 6.14. The van der Waals surface area contributed by atoms with Crippen molar-refractivity contribution in [3.8, 4) is 0 Å². The van der Waals surface area contributed by atoms with Gasteiger partial charge in [-0.3, -0.25) is 0 Å². The quantitative estimate of drug-likeness (QED) is 0.762. The molecule has 1 aliphatic heterocycles. The van der Waals surface area contributed by atoms with E-state index in [9.17, 15) is 10.2 Å². The SMILES string of the molecule is CC(C)[C@H]1C[C@@](O)(CN2CCC(O)CC2)C1. The number of piperidine rings is 1. The van der Waals surface area contributed by atoms with Gasteiger partial charge < -0.3 is 15.1 Å². The zero-order valence-electron chi connectivity index (χ0n) is 10.5. The van der Waals surface area contributed by atoms with Gasteiger partial charge in [-0.25, -0.2) is 0 Å². The molecule has 16 heavy (non-hydrogen) atoms. The number of hydrogen-bond acceptors (Lipinski definition) is 3. The summed E-state index contributed by atoms with van der Waals surface area (Å²) in [5.74, 6) is 1.41. The number of β-amino-alcohol motifs (C(OH)–C–C–N with tert-alkyl or cyclic N) is 1. The van der Waals surface area contributed by atoms with Gasteiger partial charge in [0.25, 0.3) is 0 Å². The van der Waals surface area contributed by atoms with Crippen LogP contribution in [0.4, 0.5) is 0 Å². The molecule has 0 aromatic carbocycles. The van der Waals surface area contributed by atoms with E-state index in [4.69, 9.17) is 0 Å². The van der Waals surface area contributed by atoms with Gasteiger partial charge in [0.1, 0.15) is 0 Å². The van der Waals surface area contributed by atoms with Crippen LogP contribution in [0.1, 0.15) is 39.5 Å². The van der Waals surface area contributed by atoms with Crippen LogP contribution < -0.4 is 0 Å². The summed E-state index contributed by atoms with van der Waals surface area (Å²) in [5, 5.41) is 19.8. The fourth-order valence-corrected chi connectivity index (χ4v) is 3.01. The molecule has 0 bridgehead atoms. The Labute approximate surface area is 98.5 Å². The van der Waals surface area contributed by atoms with Gasteiger partial charge in [0, 0.05) is 19.6 Å². The first-order chi connectivity index (χ1) is 7.48. The minimum Gasteiger partial charge on any atom is -0.393 e. The highest BCUT2D eigenvalue weighted by molar-refractivity contribution is 4.97. The molecular formula is C13H25NO2. The summed E-state index contributed by atoms with van der Waals surface area (Å²) in [5.41, 5.74) is -0.433. The van der Waals surface area contributed by atoms with Crippen molar-refractivity contribution in [3.63, 3.8) is 0 Å². The Hall–Kier alpha value is -0.120. The zero-order chi connectivity index (χ0) is 11.8. The molecule has 1 heterocycles. The predicted molar refractivity (Wildman–Crippen MR) is 64.2 cm³/mol. The van der Waals surface area contributed by atoms with Crippen molar-refractivity contribution in [2.24, 2.45) is 11.8 Å². The van der Waals surface area contributed by atoms with Gasteiger partial charge in [0.05, 0.1) is 11.7 Å². The van der Waals surface area contributed by atoms with Gasteiger partial charge in [-0.05, 0) is 37.5 Å². The monoisotopic (exact) mass is 227 g/mol. The van der Waals surface area contributed by atoms with Crippen LogP contribution >= 0.6 is 0 Å². The zero-order valence-corrected chi connectivity index (χ0v) is 10.5.